The Hall–Kier alpha value is -2.29. The van der Waals surface area contributed by atoms with E-state index in [2.05, 4.69) is 24.4 Å². The molecule has 2 aromatic rings. The lowest BCUT2D eigenvalue weighted by Crippen LogP contribution is -2.23. The number of carbonyl (C=O) groups excluding carboxylic acids is 1. The van der Waals surface area contributed by atoms with Crippen LogP contribution in [-0.2, 0) is 24.3 Å². The molecule has 0 saturated heterocycles. The fourth-order valence-corrected chi connectivity index (χ4v) is 2.22. The molecule has 1 N–H and O–H groups in total. The van der Waals surface area contributed by atoms with Crippen LogP contribution in [-0.4, -0.2) is 6.09 Å². The van der Waals surface area contributed by atoms with Crippen LogP contribution in [0.3, 0.4) is 0 Å². The number of benzene rings is 2. The SMILES string of the molecule is CCCCc1cccc(CNC(=O)OCc2ccccc2)c1. The van der Waals surface area contributed by atoms with Crippen LogP contribution in [0.2, 0.25) is 0 Å². The van der Waals surface area contributed by atoms with E-state index in [4.69, 9.17) is 4.74 Å². The average Bonchev–Trinajstić information content (AvgIpc) is 2.57. The third-order valence-corrected chi connectivity index (χ3v) is 3.46. The van der Waals surface area contributed by atoms with E-state index in [0.717, 1.165) is 17.5 Å². The normalized spacial score (nSPS) is 10.2. The third-order valence-electron chi connectivity index (χ3n) is 3.46. The van der Waals surface area contributed by atoms with E-state index in [1.54, 1.807) is 0 Å². The first-order valence-corrected chi connectivity index (χ1v) is 7.80. The lowest BCUT2D eigenvalue weighted by atomic mass is 10.1. The molecular weight excluding hydrogens is 274 g/mol. The van der Waals surface area contributed by atoms with Gasteiger partial charge in [0.25, 0.3) is 0 Å². The number of ether oxygens (including phenoxy) is 1. The van der Waals surface area contributed by atoms with E-state index in [0.29, 0.717) is 13.2 Å². The van der Waals surface area contributed by atoms with Crippen molar-refractivity contribution in [3.8, 4) is 0 Å². The second-order valence-electron chi connectivity index (χ2n) is 5.34. The van der Waals surface area contributed by atoms with Crippen molar-refractivity contribution in [2.45, 2.75) is 39.3 Å². The highest BCUT2D eigenvalue weighted by molar-refractivity contribution is 5.67. The molecule has 3 heteroatoms. The van der Waals surface area contributed by atoms with Gasteiger partial charge in [-0.15, -0.1) is 0 Å². The summed E-state index contributed by atoms with van der Waals surface area (Å²) in [4.78, 5) is 11.7. The molecule has 2 aromatic carbocycles. The van der Waals surface area contributed by atoms with Gasteiger partial charge in [-0.2, -0.15) is 0 Å². The quantitative estimate of drug-likeness (QED) is 0.819. The second kappa shape index (κ2) is 8.88. The summed E-state index contributed by atoms with van der Waals surface area (Å²) < 4.78 is 5.19. The smallest absolute Gasteiger partial charge is 0.407 e. The molecule has 2 rings (SSSR count). The van der Waals surface area contributed by atoms with E-state index in [1.807, 2.05) is 42.5 Å². The molecule has 1 amide bonds. The van der Waals surface area contributed by atoms with Crippen molar-refractivity contribution in [2.75, 3.05) is 0 Å². The number of aryl methyl sites for hydroxylation is 1. The second-order valence-corrected chi connectivity index (χ2v) is 5.34. The van der Waals surface area contributed by atoms with Crippen LogP contribution >= 0.6 is 0 Å². The summed E-state index contributed by atoms with van der Waals surface area (Å²) in [6, 6.07) is 18.0. The lowest BCUT2D eigenvalue weighted by molar-refractivity contribution is 0.139. The van der Waals surface area contributed by atoms with Crippen molar-refractivity contribution in [3.05, 3.63) is 71.3 Å². The van der Waals surface area contributed by atoms with Gasteiger partial charge >= 0.3 is 6.09 Å². The summed E-state index contributed by atoms with van der Waals surface area (Å²) in [7, 11) is 0. The molecule has 0 aromatic heterocycles. The van der Waals surface area contributed by atoms with Gasteiger partial charge in [-0.3, -0.25) is 0 Å². The number of carbonyl (C=O) groups is 1. The van der Waals surface area contributed by atoms with Crippen LogP contribution in [0, 0.1) is 0 Å². The Morgan fingerprint density at radius 3 is 2.50 bits per heavy atom. The van der Waals surface area contributed by atoms with Gasteiger partial charge in [0.15, 0.2) is 0 Å². The minimum atomic E-state index is -0.386. The Kier molecular flexibility index (Phi) is 6.49. The van der Waals surface area contributed by atoms with Crippen LogP contribution in [0.25, 0.3) is 0 Å². The average molecular weight is 297 g/mol. The molecule has 0 heterocycles. The molecular formula is C19H23NO2. The zero-order chi connectivity index (χ0) is 15.6. The topological polar surface area (TPSA) is 38.3 Å². The number of nitrogens with one attached hydrogen (secondary N) is 1. The molecule has 0 atom stereocenters. The van der Waals surface area contributed by atoms with E-state index in [1.165, 1.54) is 18.4 Å². The number of hydrogen-bond donors (Lipinski definition) is 1. The van der Waals surface area contributed by atoms with Crippen molar-refractivity contribution in [3.63, 3.8) is 0 Å². The van der Waals surface area contributed by atoms with Crippen LogP contribution in [0.1, 0.15) is 36.5 Å². The highest BCUT2D eigenvalue weighted by atomic mass is 16.5. The fraction of sp³-hybridized carbons (Fsp3) is 0.316. The zero-order valence-electron chi connectivity index (χ0n) is 13.0. The Labute approximate surface area is 132 Å². The summed E-state index contributed by atoms with van der Waals surface area (Å²) in [6.07, 6.45) is 3.08. The van der Waals surface area contributed by atoms with Gasteiger partial charge in [0.1, 0.15) is 6.61 Å². The van der Waals surface area contributed by atoms with Crippen molar-refractivity contribution < 1.29 is 9.53 Å². The number of amides is 1. The number of unbranched alkanes of at least 4 members (excludes halogenated alkanes) is 1. The van der Waals surface area contributed by atoms with Gasteiger partial charge in [0, 0.05) is 6.54 Å². The van der Waals surface area contributed by atoms with E-state index in [-0.39, 0.29) is 6.09 Å². The first kappa shape index (κ1) is 16.1. The fourth-order valence-electron chi connectivity index (χ4n) is 2.22. The maximum absolute atomic E-state index is 11.7. The van der Waals surface area contributed by atoms with Crippen molar-refractivity contribution in [1.82, 2.24) is 5.32 Å². The molecule has 116 valence electrons. The zero-order valence-corrected chi connectivity index (χ0v) is 13.0. The minimum absolute atomic E-state index is 0.295. The van der Waals surface area contributed by atoms with Gasteiger partial charge in [-0.05, 0) is 29.5 Å². The number of alkyl carbamates (subject to hydrolysis) is 1. The van der Waals surface area contributed by atoms with Crippen molar-refractivity contribution in [1.29, 1.82) is 0 Å². The van der Waals surface area contributed by atoms with Gasteiger partial charge < -0.3 is 10.1 Å². The molecule has 0 aliphatic carbocycles. The molecule has 0 aliphatic heterocycles. The Morgan fingerprint density at radius 2 is 1.73 bits per heavy atom. The molecule has 0 spiro atoms. The highest BCUT2D eigenvalue weighted by Crippen LogP contribution is 2.09. The summed E-state index contributed by atoms with van der Waals surface area (Å²) >= 11 is 0. The molecule has 0 aliphatic rings. The van der Waals surface area contributed by atoms with Gasteiger partial charge in [-0.1, -0.05) is 67.9 Å². The molecule has 0 radical (unpaired) electrons. The van der Waals surface area contributed by atoms with Gasteiger partial charge in [-0.25, -0.2) is 4.79 Å². The molecule has 0 bridgehead atoms. The Balaban J connectivity index is 1.76. The number of hydrogen-bond acceptors (Lipinski definition) is 2. The first-order chi connectivity index (χ1) is 10.8. The van der Waals surface area contributed by atoms with E-state index in [9.17, 15) is 4.79 Å². The van der Waals surface area contributed by atoms with Gasteiger partial charge in [0.2, 0.25) is 0 Å². The summed E-state index contributed by atoms with van der Waals surface area (Å²) in [5.74, 6) is 0. The Morgan fingerprint density at radius 1 is 1.00 bits per heavy atom. The molecule has 0 unspecified atom stereocenters. The van der Waals surface area contributed by atoms with Crippen LogP contribution < -0.4 is 5.32 Å². The summed E-state index contributed by atoms with van der Waals surface area (Å²) in [5, 5.41) is 2.79. The molecule has 3 nitrogen and oxygen atoms in total. The predicted octanol–water partition coefficient (Wildman–Crippen LogP) is 4.46. The predicted molar refractivity (Wildman–Crippen MR) is 88.5 cm³/mol. The van der Waals surface area contributed by atoms with Crippen molar-refractivity contribution >= 4 is 6.09 Å². The summed E-state index contributed by atoms with van der Waals surface area (Å²) in [6.45, 7) is 2.98. The number of rotatable bonds is 7. The largest absolute Gasteiger partial charge is 0.445 e. The van der Waals surface area contributed by atoms with Crippen LogP contribution in [0.4, 0.5) is 4.79 Å². The maximum Gasteiger partial charge on any atom is 0.407 e. The lowest BCUT2D eigenvalue weighted by Gasteiger charge is -2.08. The summed E-state index contributed by atoms with van der Waals surface area (Å²) in [5.41, 5.74) is 3.41. The molecule has 22 heavy (non-hydrogen) atoms. The van der Waals surface area contributed by atoms with Gasteiger partial charge in [0.05, 0.1) is 0 Å². The standard InChI is InChI=1S/C19H23NO2/c1-2-3-8-16-11-7-12-18(13-16)14-20-19(21)22-15-17-9-5-4-6-10-17/h4-7,9-13H,2-3,8,14-15H2,1H3,(H,20,21). The molecule has 0 fully saturated rings. The first-order valence-electron chi connectivity index (χ1n) is 7.80. The van der Waals surface area contributed by atoms with Crippen molar-refractivity contribution in [2.24, 2.45) is 0 Å². The van der Waals surface area contributed by atoms with E-state index < -0.39 is 0 Å². The Bertz CT molecular complexity index is 581. The minimum Gasteiger partial charge on any atom is -0.445 e. The van der Waals surface area contributed by atoms with Crippen LogP contribution in [0.15, 0.2) is 54.6 Å². The van der Waals surface area contributed by atoms with Crippen LogP contribution in [0.5, 0.6) is 0 Å². The monoisotopic (exact) mass is 297 g/mol. The van der Waals surface area contributed by atoms with E-state index >= 15 is 0 Å². The maximum atomic E-state index is 11.7. The third kappa shape index (κ3) is 5.60. The highest BCUT2D eigenvalue weighted by Gasteiger charge is 2.03. The molecule has 0 saturated carbocycles.